The molecule has 2 rings (SSSR count). The zero-order valence-electron chi connectivity index (χ0n) is 13.2. The molecular weight excluding hydrogens is 301 g/mol. The Labute approximate surface area is 133 Å². The number of aryl methyl sites for hydroxylation is 1. The number of aromatic carboxylic acids is 1. The van der Waals surface area contributed by atoms with E-state index in [1.165, 1.54) is 23.1 Å². The molecule has 0 fully saturated rings. The summed E-state index contributed by atoms with van der Waals surface area (Å²) < 4.78 is 18.4. The molecule has 1 amide bonds. The summed E-state index contributed by atoms with van der Waals surface area (Å²) in [7, 11) is 1.59. The van der Waals surface area contributed by atoms with Crippen molar-refractivity contribution >= 4 is 11.9 Å². The Bertz CT molecular complexity index is 721. The van der Waals surface area contributed by atoms with Crippen LogP contribution in [0.3, 0.4) is 0 Å². The Morgan fingerprint density at radius 2 is 1.91 bits per heavy atom. The first kappa shape index (κ1) is 16.7. The molecule has 122 valence electrons. The molecule has 1 heterocycles. The number of hydrogen-bond donors (Lipinski definition) is 1. The van der Waals surface area contributed by atoms with Crippen molar-refractivity contribution in [1.82, 2.24) is 4.90 Å². The summed E-state index contributed by atoms with van der Waals surface area (Å²) in [4.78, 5) is 25.1. The topological polar surface area (TPSA) is 70.8 Å². The first-order chi connectivity index (χ1) is 10.8. The fraction of sp³-hybridized carbons (Fsp3) is 0.294. The van der Waals surface area contributed by atoms with Gasteiger partial charge in [0.2, 0.25) is 0 Å². The molecule has 0 bridgehead atoms. The zero-order chi connectivity index (χ0) is 17.1. The predicted molar refractivity (Wildman–Crippen MR) is 82.0 cm³/mol. The fourth-order valence-corrected chi connectivity index (χ4v) is 2.29. The standard InChI is InChI=1S/C17H18FNO4/c1-4-14-13(17(21)22)9-15(23-14)16(20)19(3)10(2)11-5-7-12(18)8-6-11/h5-10H,4H2,1-3H3,(H,21,22). The molecule has 1 aromatic heterocycles. The molecule has 0 saturated carbocycles. The van der Waals surface area contributed by atoms with Gasteiger partial charge in [0, 0.05) is 19.5 Å². The fourth-order valence-electron chi connectivity index (χ4n) is 2.29. The van der Waals surface area contributed by atoms with E-state index in [2.05, 4.69) is 0 Å². The number of carbonyl (C=O) groups is 2. The minimum Gasteiger partial charge on any atom is -0.478 e. The number of carboxylic acid groups (broad SMARTS) is 1. The van der Waals surface area contributed by atoms with E-state index in [1.807, 2.05) is 0 Å². The lowest BCUT2D eigenvalue weighted by Gasteiger charge is -2.24. The number of furan rings is 1. The third-order valence-electron chi connectivity index (χ3n) is 3.83. The number of carboxylic acids is 1. The van der Waals surface area contributed by atoms with Crippen molar-refractivity contribution < 1.29 is 23.5 Å². The average Bonchev–Trinajstić information content (AvgIpc) is 2.98. The van der Waals surface area contributed by atoms with Crippen molar-refractivity contribution in [3.8, 4) is 0 Å². The minimum absolute atomic E-state index is 0.00122. The van der Waals surface area contributed by atoms with E-state index in [0.29, 0.717) is 6.42 Å². The van der Waals surface area contributed by atoms with Crippen LogP contribution in [-0.4, -0.2) is 28.9 Å². The number of nitrogens with zero attached hydrogens (tertiary/aromatic N) is 1. The van der Waals surface area contributed by atoms with Crippen LogP contribution in [-0.2, 0) is 6.42 Å². The van der Waals surface area contributed by atoms with Gasteiger partial charge in [0.05, 0.1) is 6.04 Å². The molecule has 1 atom stereocenters. The number of halogens is 1. The van der Waals surface area contributed by atoms with Gasteiger partial charge in [0.15, 0.2) is 5.76 Å². The summed E-state index contributed by atoms with van der Waals surface area (Å²) in [6.07, 6.45) is 0.381. The molecule has 5 nitrogen and oxygen atoms in total. The second-order valence-corrected chi connectivity index (χ2v) is 5.25. The maximum Gasteiger partial charge on any atom is 0.339 e. The average molecular weight is 319 g/mol. The third-order valence-corrected chi connectivity index (χ3v) is 3.83. The molecule has 6 heteroatoms. The molecule has 0 radical (unpaired) electrons. The maximum absolute atomic E-state index is 13.0. The lowest BCUT2D eigenvalue weighted by Crippen LogP contribution is -2.29. The van der Waals surface area contributed by atoms with E-state index in [-0.39, 0.29) is 28.9 Å². The quantitative estimate of drug-likeness (QED) is 0.915. The second-order valence-electron chi connectivity index (χ2n) is 5.25. The van der Waals surface area contributed by atoms with Crippen LogP contribution < -0.4 is 0 Å². The normalized spacial score (nSPS) is 12.0. The van der Waals surface area contributed by atoms with E-state index >= 15 is 0 Å². The highest BCUT2D eigenvalue weighted by molar-refractivity contribution is 5.96. The third kappa shape index (κ3) is 3.41. The molecule has 0 saturated heterocycles. The predicted octanol–water partition coefficient (Wildman–Crippen LogP) is 3.51. The summed E-state index contributed by atoms with van der Waals surface area (Å²) in [5.41, 5.74) is 0.765. The monoisotopic (exact) mass is 319 g/mol. The number of amides is 1. The number of rotatable bonds is 5. The highest BCUT2D eigenvalue weighted by Gasteiger charge is 2.25. The van der Waals surface area contributed by atoms with Crippen LogP contribution in [0.4, 0.5) is 4.39 Å². The van der Waals surface area contributed by atoms with Crippen LogP contribution in [0.2, 0.25) is 0 Å². The molecular formula is C17H18FNO4. The first-order valence-electron chi connectivity index (χ1n) is 7.23. The summed E-state index contributed by atoms with van der Waals surface area (Å²) in [5.74, 6) is -1.65. The molecule has 1 N–H and O–H groups in total. The van der Waals surface area contributed by atoms with Crippen molar-refractivity contribution in [2.24, 2.45) is 0 Å². The highest BCUT2D eigenvalue weighted by atomic mass is 19.1. The van der Waals surface area contributed by atoms with Crippen molar-refractivity contribution in [2.45, 2.75) is 26.3 Å². The van der Waals surface area contributed by atoms with Crippen LogP contribution >= 0.6 is 0 Å². The summed E-state index contributed by atoms with van der Waals surface area (Å²) in [6, 6.07) is 6.80. The Kier molecular flexibility index (Phi) is 4.83. The maximum atomic E-state index is 13.0. The van der Waals surface area contributed by atoms with Gasteiger partial charge in [-0.25, -0.2) is 9.18 Å². The van der Waals surface area contributed by atoms with Gasteiger partial charge in [0.1, 0.15) is 17.1 Å². The molecule has 1 unspecified atom stereocenters. The van der Waals surface area contributed by atoms with E-state index < -0.39 is 11.9 Å². The Morgan fingerprint density at radius 3 is 2.39 bits per heavy atom. The Morgan fingerprint density at radius 1 is 1.30 bits per heavy atom. The van der Waals surface area contributed by atoms with Crippen molar-refractivity contribution in [3.63, 3.8) is 0 Å². The van der Waals surface area contributed by atoms with Gasteiger partial charge in [-0.3, -0.25) is 4.79 Å². The molecule has 0 aliphatic rings. The lowest BCUT2D eigenvalue weighted by molar-refractivity contribution is 0.0689. The van der Waals surface area contributed by atoms with Crippen molar-refractivity contribution in [3.05, 3.63) is 58.8 Å². The zero-order valence-corrected chi connectivity index (χ0v) is 13.2. The minimum atomic E-state index is -1.13. The van der Waals surface area contributed by atoms with Crippen molar-refractivity contribution in [1.29, 1.82) is 0 Å². The van der Waals surface area contributed by atoms with Crippen LogP contribution in [0, 0.1) is 5.82 Å². The lowest BCUT2D eigenvalue weighted by atomic mass is 10.1. The van der Waals surface area contributed by atoms with Gasteiger partial charge in [-0.15, -0.1) is 0 Å². The molecule has 0 aliphatic heterocycles. The van der Waals surface area contributed by atoms with E-state index in [9.17, 15) is 14.0 Å². The van der Waals surface area contributed by atoms with Crippen LogP contribution in [0.25, 0.3) is 0 Å². The molecule has 0 spiro atoms. The first-order valence-corrected chi connectivity index (χ1v) is 7.23. The Balaban J connectivity index is 2.25. The number of hydrogen-bond acceptors (Lipinski definition) is 3. The molecule has 23 heavy (non-hydrogen) atoms. The molecule has 2 aromatic rings. The van der Waals surface area contributed by atoms with Crippen LogP contribution in [0.15, 0.2) is 34.7 Å². The van der Waals surface area contributed by atoms with Gasteiger partial charge < -0.3 is 14.4 Å². The summed E-state index contributed by atoms with van der Waals surface area (Å²) in [5, 5.41) is 9.12. The SMILES string of the molecule is CCc1oc(C(=O)N(C)C(C)c2ccc(F)cc2)cc1C(=O)O. The van der Waals surface area contributed by atoms with Gasteiger partial charge in [-0.1, -0.05) is 19.1 Å². The second kappa shape index (κ2) is 6.64. The van der Waals surface area contributed by atoms with Crippen LogP contribution in [0.5, 0.6) is 0 Å². The molecule has 0 aliphatic carbocycles. The number of benzene rings is 1. The number of carbonyl (C=O) groups excluding carboxylic acids is 1. The Hall–Kier alpha value is -2.63. The van der Waals surface area contributed by atoms with Gasteiger partial charge in [-0.05, 0) is 24.6 Å². The van der Waals surface area contributed by atoms with E-state index in [4.69, 9.17) is 9.52 Å². The van der Waals surface area contributed by atoms with Gasteiger partial charge >= 0.3 is 5.97 Å². The van der Waals surface area contributed by atoms with Crippen molar-refractivity contribution in [2.75, 3.05) is 7.05 Å². The van der Waals surface area contributed by atoms with Gasteiger partial charge in [-0.2, -0.15) is 0 Å². The van der Waals surface area contributed by atoms with Gasteiger partial charge in [0.25, 0.3) is 5.91 Å². The largest absolute Gasteiger partial charge is 0.478 e. The smallest absolute Gasteiger partial charge is 0.339 e. The summed E-state index contributed by atoms with van der Waals surface area (Å²) in [6.45, 7) is 3.55. The molecule has 1 aromatic carbocycles. The van der Waals surface area contributed by atoms with E-state index in [1.54, 1.807) is 33.0 Å². The highest BCUT2D eigenvalue weighted by Crippen LogP contribution is 2.23. The van der Waals surface area contributed by atoms with E-state index in [0.717, 1.165) is 5.56 Å². The van der Waals surface area contributed by atoms with Crippen LogP contribution in [0.1, 0.15) is 52.1 Å². The summed E-state index contributed by atoms with van der Waals surface area (Å²) >= 11 is 0.